The van der Waals surface area contributed by atoms with Gasteiger partial charge in [0.1, 0.15) is 35.2 Å². The van der Waals surface area contributed by atoms with E-state index in [2.05, 4.69) is 15.1 Å². The van der Waals surface area contributed by atoms with Gasteiger partial charge in [0.2, 0.25) is 0 Å². The Morgan fingerprint density at radius 1 is 1.36 bits per heavy atom. The van der Waals surface area contributed by atoms with E-state index >= 15 is 0 Å². The van der Waals surface area contributed by atoms with Gasteiger partial charge in [0, 0.05) is 37.3 Å². The molecule has 170 valence electrons. The van der Waals surface area contributed by atoms with Gasteiger partial charge in [0.05, 0.1) is 24.7 Å². The highest BCUT2D eigenvalue weighted by atomic mass is 32.1. The van der Waals surface area contributed by atoms with Crippen LogP contribution < -0.4 is 10.5 Å². The van der Waals surface area contributed by atoms with Crippen molar-refractivity contribution in [2.24, 2.45) is 15.8 Å². The smallest absolute Gasteiger partial charge is 0.341 e. The third-order valence-corrected chi connectivity index (χ3v) is 5.90. The Morgan fingerprint density at radius 2 is 2.09 bits per heavy atom. The summed E-state index contributed by atoms with van der Waals surface area (Å²) in [4.78, 5) is 22.8. The summed E-state index contributed by atoms with van der Waals surface area (Å²) >= 11 is 1.24. The second kappa shape index (κ2) is 9.33. The monoisotopic (exact) mass is 471 g/mol. The predicted molar refractivity (Wildman–Crippen MR) is 118 cm³/mol. The number of thiazole rings is 1. The van der Waals surface area contributed by atoms with Crippen LogP contribution in [0, 0.1) is 23.0 Å². The summed E-state index contributed by atoms with van der Waals surface area (Å²) in [7, 11) is 1.54. The van der Waals surface area contributed by atoms with Crippen molar-refractivity contribution in [3.05, 3.63) is 58.2 Å². The van der Waals surface area contributed by atoms with Gasteiger partial charge in [0.25, 0.3) is 5.19 Å². The van der Waals surface area contributed by atoms with Gasteiger partial charge >= 0.3 is 6.03 Å². The van der Waals surface area contributed by atoms with E-state index < -0.39 is 17.7 Å². The number of carbonyl (C=O) groups excluding carboxylic acids is 1. The van der Waals surface area contributed by atoms with Crippen molar-refractivity contribution in [1.82, 2.24) is 14.9 Å². The van der Waals surface area contributed by atoms with Crippen LogP contribution in [-0.4, -0.2) is 59.1 Å². The molecule has 12 heteroatoms. The number of nitriles is 1. The van der Waals surface area contributed by atoms with Crippen molar-refractivity contribution in [3.8, 4) is 11.3 Å². The van der Waals surface area contributed by atoms with Crippen LogP contribution in [0.1, 0.15) is 23.7 Å². The number of likely N-dealkylation sites (tertiary alicyclic amines) is 1. The summed E-state index contributed by atoms with van der Waals surface area (Å²) < 4.78 is 33.1. The maximum Gasteiger partial charge on any atom is 0.341 e. The Kier molecular flexibility index (Phi) is 6.32. The molecule has 2 aliphatic rings. The summed E-state index contributed by atoms with van der Waals surface area (Å²) in [5, 5.41) is 16.6. The highest BCUT2D eigenvalue weighted by Crippen LogP contribution is 2.32. The van der Waals surface area contributed by atoms with E-state index in [1.807, 2.05) is 6.07 Å². The molecule has 1 aromatic heterocycles. The molecular formula is C21H19F2N7O2S. The van der Waals surface area contributed by atoms with E-state index in [1.165, 1.54) is 46.6 Å². The maximum absolute atomic E-state index is 13.6. The first kappa shape index (κ1) is 22.3. The maximum atomic E-state index is 13.6. The Bertz CT molecular complexity index is 1180. The molecule has 1 fully saturated rings. The Morgan fingerprint density at radius 3 is 2.73 bits per heavy atom. The van der Waals surface area contributed by atoms with Crippen LogP contribution >= 0.6 is 11.3 Å². The van der Waals surface area contributed by atoms with Crippen molar-refractivity contribution >= 4 is 29.3 Å². The van der Waals surface area contributed by atoms with Gasteiger partial charge in [-0.05, 0) is 17.7 Å². The Hall–Kier alpha value is -3.85. The number of carbonyl (C=O) groups is 1. The molecule has 0 aliphatic carbocycles. The minimum Gasteiger partial charge on any atom is -0.463 e. The SMILES string of the molecule is CN=C(C(C#N)=CN)c1csc(OC2CN(C(=O)N3N=CC[C@H]3c3cc(F)cc(F)c3)C2)n1. The molecule has 1 saturated heterocycles. The van der Waals surface area contributed by atoms with E-state index in [9.17, 15) is 13.6 Å². The van der Waals surface area contributed by atoms with Crippen LogP contribution in [0.3, 0.4) is 0 Å². The number of urea groups is 1. The third kappa shape index (κ3) is 4.54. The number of ether oxygens (including phenoxy) is 1. The van der Waals surface area contributed by atoms with Gasteiger partial charge in [-0.1, -0.05) is 11.3 Å². The minimum absolute atomic E-state index is 0.202. The number of nitrogens with two attached hydrogens (primary N) is 1. The van der Waals surface area contributed by atoms with Crippen LogP contribution in [0.2, 0.25) is 0 Å². The van der Waals surface area contributed by atoms with Gasteiger partial charge < -0.3 is 15.4 Å². The van der Waals surface area contributed by atoms with Gasteiger partial charge in [-0.15, -0.1) is 0 Å². The number of benzene rings is 1. The third-order valence-electron chi connectivity index (χ3n) is 5.17. The van der Waals surface area contributed by atoms with Crippen molar-refractivity contribution in [2.45, 2.75) is 18.6 Å². The number of hydrogen-bond donors (Lipinski definition) is 1. The first-order valence-corrected chi connectivity index (χ1v) is 10.8. The number of amides is 2. The topological polar surface area (TPSA) is 120 Å². The minimum atomic E-state index is -0.704. The average molecular weight is 471 g/mol. The first-order valence-electron chi connectivity index (χ1n) is 9.91. The lowest BCUT2D eigenvalue weighted by atomic mass is 10.0. The van der Waals surface area contributed by atoms with Crippen molar-refractivity contribution in [3.63, 3.8) is 0 Å². The lowest BCUT2D eigenvalue weighted by Crippen LogP contribution is -2.58. The predicted octanol–water partition coefficient (Wildman–Crippen LogP) is 2.82. The summed E-state index contributed by atoms with van der Waals surface area (Å²) in [6.45, 7) is 0.621. The number of hydrazone groups is 1. The van der Waals surface area contributed by atoms with E-state index in [-0.39, 0.29) is 17.7 Å². The Balaban J connectivity index is 1.36. The number of nitrogens with zero attached hydrogens (tertiary/aromatic N) is 6. The van der Waals surface area contributed by atoms with E-state index in [4.69, 9.17) is 15.7 Å². The Labute approximate surface area is 192 Å². The second-order valence-corrected chi connectivity index (χ2v) is 8.11. The number of rotatable bonds is 5. The van der Waals surface area contributed by atoms with Crippen molar-refractivity contribution < 1.29 is 18.3 Å². The summed E-state index contributed by atoms with van der Waals surface area (Å²) in [5.74, 6) is -1.41. The van der Waals surface area contributed by atoms with E-state index in [0.29, 0.717) is 41.7 Å². The molecule has 3 heterocycles. The fourth-order valence-electron chi connectivity index (χ4n) is 3.56. The van der Waals surface area contributed by atoms with E-state index in [0.717, 1.165) is 6.07 Å². The molecule has 2 aliphatic heterocycles. The molecule has 0 unspecified atom stereocenters. The highest BCUT2D eigenvalue weighted by molar-refractivity contribution is 7.11. The molecule has 0 bridgehead atoms. The summed E-state index contributed by atoms with van der Waals surface area (Å²) in [6.07, 6.45) is 2.82. The number of aromatic nitrogens is 1. The molecule has 2 aromatic rings. The summed E-state index contributed by atoms with van der Waals surface area (Å²) in [5.41, 5.74) is 6.85. The fourth-order valence-corrected chi connectivity index (χ4v) is 4.28. The zero-order chi connectivity index (χ0) is 23.5. The molecule has 2 amide bonds. The molecule has 2 N–H and O–H groups in total. The largest absolute Gasteiger partial charge is 0.463 e. The fraction of sp³-hybridized carbons (Fsp3) is 0.286. The molecular weight excluding hydrogens is 452 g/mol. The van der Waals surface area contributed by atoms with Crippen LogP contribution in [-0.2, 0) is 0 Å². The quantitative estimate of drug-likeness (QED) is 0.531. The lowest BCUT2D eigenvalue weighted by Gasteiger charge is -2.40. The van der Waals surface area contributed by atoms with Crippen LogP contribution in [0.4, 0.5) is 13.6 Å². The van der Waals surface area contributed by atoms with Crippen molar-refractivity contribution in [2.75, 3.05) is 20.1 Å². The zero-order valence-corrected chi connectivity index (χ0v) is 18.3. The van der Waals surface area contributed by atoms with Gasteiger partial charge in [-0.3, -0.25) is 4.99 Å². The number of hydrogen-bond acceptors (Lipinski definition) is 8. The number of aliphatic imine (C=N–C) groups is 1. The molecule has 4 rings (SSSR count). The lowest BCUT2D eigenvalue weighted by molar-refractivity contribution is 0.0275. The van der Waals surface area contributed by atoms with E-state index in [1.54, 1.807) is 11.6 Å². The van der Waals surface area contributed by atoms with Gasteiger partial charge in [-0.25, -0.2) is 23.6 Å². The molecule has 0 radical (unpaired) electrons. The standard InChI is InChI=1S/C21H19F2N7O2S/c1-26-19(13(7-24)8-25)17-11-33-20(28-17)32-16-9-29(10-16)21(31)30-18(2-3-27-30)12-4-14(22)6-15(23)5-12/h3-7,11,16,18H,2,9-10,24H2,1H3/t18-/m0/s1. The molecule has 9 nitrogen and oxygen atoms in total. The van der Waals surface area contributed by atoms with Crippen LogP contribution in [0.15, 0.2) is 45.4 Å². The van der Waals surface area contributed by atoms with Crippen molar-refractivity contribution in [1.29, 1.82) is 5.26 Å². The second-order valence-electron chi connectivity index (χ2n) is 7.29. The molecule has 1 aromatic carbocycles. The first-order chi connectivity index (χ1) is 15.9. The average Bonchev–Trinajstić information content (AvgIpc) is 3.43. The normalized spacial score (nSPS) is 18.9. The molecule has 33 heavy (non-hydrogen) atoms. The molecule has 0 spiro atoms. The van der Waals surface area contributed by atoms with Gasteiger partial charge in [0.15, 0.2) is 0 Å². The van der Waals surface area contributed by atoms with Crippen LogP contribution in [0.5, 0.6) is 5.19 Å². The van der Waals surface area contributed by atoms with Gasteiger partial charge in [-0.2, -0.15) is 10.4 Å². The molecule has 0 saturated carbocycles. The number of allylic oxidation sites excluding steroid dienone is 1. The zero-order valence-electron chi connectivity index (χ0n) is 17.5. The number of halogens is 2. The summed E-state index contributed by atoms with van der Waals surface area (Å²) in [6, 6.07) is 4.23. The van der Waals surface area contributed by atoms with Crippen LogP contribution in [0.25, 0.3) is 0 Å². The highest BCUT2D eigenvalue weighted by Gasteiger charge is 2.39. The molecule has 1 atom stereocenters.